The number of hydrogen-bond donors (Lipinski definition) is 3. The van der Waals surface area contributed by atoms with Crippen LogP contribution in [-0.4, -0.2) is 36.1 Å². The maximum atomic E-state index is 12.9. The molecule has 3 rings (SSSR count). The standard InChI is InChI=1S/C25H26N2O4/c1-18(31-22-14-12-21(28)13-15-22)24(29)26-16-17-27-25(30)23(19-8-4-2-5-9-19)20-10-6-3-7-11-20/h2-15,18,23,28H,16-17H2,1H3,(H,26,29)(H,27,30). The number of carbonyl (C=O) groups is 2. The molecule has 1 unspecified atom stereocenters. The molecular weight excluding hydrogens is 392 g/mol. The first-order valence-electron chi connectivity index (χ1n) is 10.2. The number of aromatic hydroxyl groups is 1. The summed E-state index contributed by atoms with van der Waals surface area (Å²) < 4.78 is 5.55. The van der Waals surface area contributed by atoms with E-state index in [1.807, 2.05) is 60.7 Å². The van der Waals surface area contributed by atoms with Crippen LogP contribution >= 0.6 is 0 Å². The second-order valence-electron chi connectivity index (χ2n) is 7.09. The molecule has 160 valence electrons. The summed E-state index contributed by atoms with van der Waals surface area (Å²) in [5.41, 5.74) is 1.82. The van der Waals surface area contributed by atoms with Crippen molar-refractivity contribution in [1.82, 2.24) is 10.6 Å². The molecule has 2 amide bonds. The van der Waals surface area contributed by atoms with Crippen LogP contribution in [0.15, 0.2) is 84.9 Å². The minimum absolute atomic E-state index is 0.125. The number of nitrogens with one attached hydrogen (secondary N) is 2. The third-order valence-corrected chi connectivity index (χ3v) is 4.77. The Morgan fingerprint density at radius 1 is 0.774 bits per heavy atom. The summed E-state index contributed by atoms with van der Waals surface area (Å²) in [6.07, 6.45) is -0.707. The quantitative estimate of drug-likeness (QED) is 0.466. The first-order chi connectivity index (χ1) is 15.0. The highest BCUT2D eigenvalue weighted by Crippen LogP contribution is 2.24. The van der Waals surface area contributed by atoms with Gasteiger partial charge in [0, 0.05) is 13.1 Å². The van der Waals surface area contributed by atoms with Crippen molar-refractivity contribution in [2.24, 2.45) is 0 Å². The predicted molar refractivity (Wildman–Crippen MR) is 119 cm³/mol. The fourth-order valence-corrected chi connectivity index (χ4v) is 3.19. The van der Waals surface area contributed by atoms with Gasteiger partial charge in [-0.1, -0.05) is 60.7 Å². The average molecular weight is 418 g/mol. The van der Waals surface area contributed by atoms with Crippen LogP contribution < -0.4 is 15.4 Å². The van der Waals surface area contributed by atoms with Crippen molar-refractivity contribution in [3.8, 4) is 11.5 Å². The largest absolute Gasteiger partial charge is 0.508 e. The van der Waals surface area contributed by atoms with Gasteiger partial charge in [-0.2, -0.15) is 0 Å². The lowest BCUT2D eigenvalue weighted by molar-refractivity contribution is -0.127. The molecule has 0 heterocycles. The van der Waals surface area contributed by atoms with Crippen LogP contribution in [0, 0.1) is 0 Å². The zero-order chi connectivity index (χ0) is 22.1. The molecule has 1 atom stereocenters. The van der Waals surface area contributed by atoms with Gasteiger partial charge in [-0.15, -0.1) is 0 Å². The molecular formula is C25H26N2O4. The van der Waals surface area contributed by atoms with Crippen molar-refractivity contribution in [3.63, 3.8) is 0 Å². The van der Waals surface area contributed by atoms with Crippen LogP contribution in [0.2, 0.25) is 0 Å². The minimum Gasteiger partial charge on any atom is -0.508 e. The maximum absolute atomic E-state index is 12.9. The van der Waals surface area contributed by atoms with Gasteiger partial charge in [-0.3, -0.25) is 9.59 Å². The van der Waals surface area contributed by atoms with E-state index >= 15 is 0 Å². The maximum Gasteiger partial charge on any atom is 0.260 e. The molecule has 31 heavy (non-hydrogen) atoms. The molecule has 0 aliphatic heterocycles. The highest BCUT2D eigenvalue weighted by atomic mass is 16.5. The number of rotatable bonds is 9. The van der Waals surface area contributed by atoms with Crippen LogP contribution in [-0.2, 0) is 9.59 Å². The summed E-state index contributed by atoms with van der Waals surface area (Å²) in [5, 5.41) is 15.0. The summed E-state index contributed by atoms with van der Waals surface area (Å²) in [7, 11) is 0. The molecule has 6 heteroatoms. The third-order valence-electron chi connectivity index (χ3n) is 4.77. The van der Waals surface area contributed by atoms with Crippen LogP contribution in [0.25, 0.3) is 0 Å². The van der Waals surface area contributed by atoms with E-state index in [1.165, 1.54) is 12.1 Å². The first kappa shape index (κ1) is 21.9. The molecule has 0 aromatic heterocycles. The van der Waals surface area contributed by atoms with Crippen molar-refractivity contribution in [1.29, 1.82) is 0 Å². The Morgan fingerprint density at radius 3 is 1.77 bits per heavy atom. The summed E-state index contributed by atoms with van der Waals surface area (Å²) in [6, 6.07) is 25.4. The van der Waals surface area contributed by atoms with Gasteiger partial charge in [0.15, 0.2) is 6.10 Å². The van der Waals surface area contributed by atoms with Crippen LogP contribution in [0.5, 0.6) is 11.5 Å². The van der Waals surface area contributed by atoms with Gasteiger partial charge in [-0.25, -0.2) is 0 Å². The Bertz CT molecular complexity index is 936. The molecule has 6 nitrogen and oxygen atoms in total. The second-order valence-corrected chi connectivity index (χ2v) is 7.09. The summed E-state index contributed by atoms with van der Waals surface area (Å²) in [4.78, 5) is 25.2. The molecule has 3 aromatic rings. The summed E-state index contributed by atoms with van der Waals surface area (Å²) in [6.45, 7) is 2.22. The third kappa shape index (κ3) is 6.34. The number of phenols is 1. The number of hydrogen-bond acceptors (Lipinski definition) is 4. The van der Waals surface area contributed by atoms with E-state index < -0.39 is 12.0 Å². The Hall–Kier alpha value is -3.80. The van der Waals surface area contributed by atoms with E-state index in [0.29, 0.717) is 12.3 Å². The van der Waals surface area contributed by atoms with Crippen molar-refractivity contribution < 1.29 is 19.4 Å². The Labute approximate surface area is 181 Å². The summed E-state index contributed by atoms with van der Waals surface area (Å²) >= 11 is 0. The molecule has 3 aromatic carbocycles. The van der Waals surface area contributed by atoms with Crippen LogP contribution in [0.4, 0.5) is 0 Å². The fraction of sp³-hybridized carbons (Fsp3) is 0.200. The lowest BCUT2D eigenvalue weighted by Gasteiger charge is -2.18. The van der Waals surface area contributed by atoms with E-state index in [9.17, 15) is 14.7 Å². The molecule has 0 saturated heterocycles. The molecule has 0 fully saturated rings. The monoisotopic (exact) mass is 418 g/mol. The lowest BCUT2D eigenvalue weighted by atomic mass is 9.90. The normalized spacial score (nSPS) is 11.5. The van der Waals surface area contributed by atoms with E-state index in [-0.39, 0.29) is 24.1 Å². The first-order valence-corrected chi connectivity index (χ1v) is 10.2. The molecule has 0 saturated carbocycles. The minimum atomic E-state index is -0.707. The van der Waals surface area contributed by atoms with Gasteiger partial charge in [0.25, 0.3) is 5.91 Å². The highest BCUT2D eigenvalue weighted by molar-refractivity contribution is 5.87. The number of phenolic OH excluding ortho intramolecular Hbond substituents is 1. The van der Waals surface area contributed by atoms with E-state index in [4.69, 9.17) is 4.74 Å². The molecule has 0 aliphatic carbocycles. The van der Waals surface area contributed by atoms with Gasteiger partial charge in [-0.05, 0) is 42.3 Å². The topological polar surface area (TPSA) is 87.7 Å². The predicted octanol–water partition coefficient (Wildman–Crippen LogP) is 3.22. The lowest BCUT2D eigenvalue weighted by Crippen LogP contribution is -2.41. The SMILES string of the molecule is CC(Oc1ccc(O)cc1)C(=O)NCCNC(=O)C(c1ccccc1)c1ccccc1. The average Bonchev–Trinajstić information content (AvgIpc) is 2.79. The van der Waals surface area contributed by atoms with Gasteiger partial charge in [0.05, 0.1) is 5.92 Å². The van der Waals surface area contributed by atoms with Crippen molar-refractivity contribution in [3.05, 3.63) is 96.1 Å². The molecule has 0 bridgehead atoms. The Kier molecular flexibility index (Phi) is 7.65. The summed E-state index contributed by atoms with van der Waals surface area (Å²) in [5.74, 6) is -0.216. The zero-order valence-electron chi connectivity index (χ0n) is 17.3. The Morgan fingerprint density at radius 2 is 1.26 bits per heavy atom. The molecule has 0 radical (unpaired) electrons. The number of benzene rings is 3. The molecule has 0 aliphatic rings. The zero-order valence-corrected chi connectivity index (χ0v) is 17.3. The van der Waals surface area contributed by atoms with E-state index in [0.717, 1.165) is 11.1 Å². The van der Waals surface area contributed by atoms with Gasteiger partial charge in [0.2, 0.25) is 5.91 Å². The smallest absolute Gasteiger partial charge is 0.260 e. The van der Waals surface area contributed by atoms with Crippen molar-refractivity contribution in [2.45, 2.75) is 18.9 Å². The van der Waals surface area contributed by atoms with Crippen LogP contribution in [0.1, 0.15) is 24.0 Å². The highest BCUT2D eigenvalue weighted by Gasteiger charge is 2.22. The van der Waals surface area contributed by atoms with Gasteiger partial charge < -0.3 is 20.5 Å². The molecule has 3 N–H and O–H groups in total. The van der Waals surface area contributed by atoms with Crippen molar-refractivity contribution >= 4 is 11.8 Å². The second kappa shape index (κ2) is 10.8. The number of carbonyl (C=O) groups excluding carboxylic acids is 2. The van der Waals surface area contributed by atoms with Gasteiger partial charge >= 0.3 is 0 Å². The Balaban J connectivity index is 1.51. The van der Waals surface area contributed by atoms with Crippen LogP contribution in [0.3, 0.4) is 0 Å². The van der Waals surface area contributed by atoms with E-state index in [1.54, 1.807) is 19.1 Å². The number of ether oxygens (including phenoxy) is 1. The fourth-order valence-electron chi connectivity index (χ4n) is 3.19. The number of amides is 2. The molecule has 0 spiro atoms. The van der Waals surface area contributed by atoms with Crippen molar-refractivity contribution in [2.75, 3.05) is 13.1 Å². The van der Waals surface area contributed by atoms with Gasteiger partial charge in [0.1, 0.15) is 11.5 Å². The van der Waals surface area contributed by atoms with E-state index in [2.05, 4.69) is 10.6 Å².